The maximum atomic E-state index is 12.7. The predicted octanol–water partition coefficient (Wildman–Crippen LogP) is 4.10. The molecule has 3 rings (SSSR count). The van der Waals surface area contributed by atoms with Crippen LogP contribution in [0.15, 0.2) is 42.5 Å². The summed E-state index contributed by atoms with van der Waals surface area (Å²) in [5.74, 6) is 1.58. The van der Waals surface area contributed by atoms with Crippen LogP contribution in [0.1, 0.15) is 43.1 Å². The van der Waals surface area contributed by atoms with Crippen LogP contribution in [-0.4, -0.2) is 36.5 Å². The molecule has 0 spiro atoms. The molecule has 1 N–H and O–H groups in total. The molecule has 1 aliphatic heterocycles. The van der Waals surface area contributed by atoms with E-state index in [1.54, 1.807) is 44.4 Å². The zero-order chi connectivity index (χ0) is 21.0. The Morgan fingerprint density at radius 2 is 2.07 bits per heavy atom. The van der Waals surface area contributed by atoms with Gasteiger partial charge in [0.2, 0.25) is 0 Å². The van der Waals surface area contributed by atoms with Crippen LogP contribution in [0.2, 0.25) is 0 Å². The van der Waals surface area contributed by atoms with E-state index in [2.05, 4.69) is 19.2 Å². The lowest BCUT2D eigenvalue weighted by molar-refractivity contribution is -0.137. The number of nitrogens with zero attached hydrogens (tertiary/aromatic N) is 1. The van der Waals surface area contributed by atoms with Crippen molar-refractivity contribution in [3.8, 4) is 11.5 Å². The lowest BCUT2D eigenvalue weighted by Gasteiger charge is -2.23. The van der Waals surface area contributed by atoms with E-state index in [1.165, 1.54) is 0 Å². The number of hydrogen-bond acceptors (Lipinski definition) is 4. The molecular formula is C23H28N2O4. The molecule has 0 aliphatic carbocycles. The second-order valence-electron chi connectivity index (χ2n) is 7.71. The standard InChI is InChI=1S/C23H28N2O4/c1-15(2)10-11-25-14-18-12-19(8-9-21(18)29-16(3)23(25)27)24-22(26)17-6-5-7-20(13-17)28-4/h5-9,12-13,15-16H,10-11,14H2,1-4H3,(H,24,26)/t16-/m1/s1. The van der Waals surface area contributed by atoms with Crippen molar-refractivity contribution in [2.24, 2.45) is 5.92 Å². The van der Waals surface area contributed by atoms with Crippen molar-refractivity contribution in [2.75, 3.05) is 19.0 Å². The van der Waals surface area contributed by atoms with Gasteiger partial charge in [0, 0.05) is 29.9 Å². The minimum absolute atomic E-state index is 0.0104. The molecule has 2 amide bonds. The third-order valence-corrected chi connectivity index (χ3v) is 4.95. The summed E-state index contributed by atoms with van der Waals surface area (Å²) < 4.78 is 11.0. The first-order valence-corrected chi connectivity index (χ1v) is 9.91. The van der Waals surface area contributed by atoms with Gasteiger partial charge in [-0.15, -0.1) is 0 Å². The molecule has 1 atom stereocenters. The Morgan fingerprint density at radius 1 is 1.28 bits per heavy atom. The van der Waals surface area contributed by atoms with E-state index in [9.17, 15) is 9.59 Å². The molecule has 29 heavy (non-hydrogen) atoms. The van der Waals surface area contributed by atoms with Crippen molar-refractivity contribution in [2.45, 2.75) is 39.8 Å². The molecular weight excluding hydrogens is 368 g/mol. The molecule has 0 radical (unpaired) electrons. The SMILES string of the molecule is COc1cccc(C(=O)Nc2ccc3c(c2)CN(CCC(C)C)C(=O)[C@@H](C)O3)c1. The quantitative estimate of drug-likeness (QED) is 0.798. The van der Waals surface area contributed by atoms with Gasteiger partial charge in [-0.2, -0.15) is 0 Å². The van der Waals surface area contributed by atoms with Crippen molar-refractivity contribution in [1.29, 1.82) is 0 Å². The Kier molecular flexibility index (Phi) is 6.42. The minimum Gasteiger partial charge on any atom is -0.497 e. The van der Waals surface area contributed by atoms with Crippen LogP contribution < -0.4 is 14.8 Å². The lowest BCUT2D eigenvalue weighted by Crippen LogP contribution is -2.38. The number of amides is 2. The van der Waals surface area contributed by atoms with Gasteiger partial charge < -0.3 is 19.7 Å². The van der Waals surface area contributed by atoms with E-state index in [0.717, 1.165) is 12.0 Å². The molecule has 0 saturated heterocycles. The minimum atomic E-state index is -0.527. The molecule has 2 aromatic rings. The van der Waals surface area contributed by atoms with Crippen LogP contribution in [0.4, 0.5) is 5.69 Å². The Bertz CT molecular complexity index is 894. The Labute approximate surface area is 171 Å². The molecule has 1 heterocycles. The van der Waals surface area contributed by atoms with Crippen LogP contribution in [0.5, 0.6) is 11.5 Å². The predicted molar refractivity (Wildman–Crippen MR) is 112 cm³/mol. The van der Waals surface area contributed by atoms with Gasteiger partial charge in [-0.3, -0.25) is 9.59 Å². The highest BCUT2D eigenvalue weighted by molar-refractivity contribution is 6.04. The maximum Gasteiger partial charge on any atom is 0.263 e. The number of hydrogen-bond donors (Lipinski definition) is 1. The third-order valence-electron chi connectivity index (χ3n) is 4.95. The van der Waals surface area contributed by atoms with Crippen molar-refractivity contribution in [3.63, 3.8) is 0 Å². The van der Waals surface area contributed by atoms with E-state index in [1.807, 2.05) is 17.0 Å². The molecule has 6 nitrogen and oxygen atoms in total. The number of ether oxygens (including phenoxy) is 2. The molecule has 0 fully saturated rings. The summed E-state index contributed by atoms with van der Waals surface area (Å²) in [5, 5.41) is 2.91. The summed E-state index contributed by atoms with van der Waals surface area (Å²) in [6, 6.07) is 12.5. The Balaban J connectivity index is 1.79. The largest absolute Gasteiger partial charge is 0.497 e. The van der Waals surface area contributed by atoms with Crippen LogP contribution in [0, 0.1) is 5.92 Å². The first-order valence-electron chi connectivity index (χ1n) is 9.91. The molecule has 0 bridgehead atoms. The lowest BCUT2D eigenvalue weighted by atomic mass is 10.1. The van der Waals surface area contributed by atoms with E-state index in [0.29, 0.717) is 41.8 Å². The number of fused-ring (bicyclic) bond motifs is 1. The number of anilines is 1. The van der Waals surface area contributed by atoms with Gasteiger partial charge in [0.05, 0.1) is 7.11 Å². The number of carbonyl (C=O) groups is 2. The average Bonchev–Trinajstić information content (AvgIpc) is 2.82. The zero-order valence-corrected chi connectivity index (χ0v) is 17.4. The highest BCUT2D eigenvalue weighted by atomic mass is 16.5. The summed E-state index contributed by atoms with van der Waals surface area (Å²) in [4.78, 5) is 27.1. The van der Waals surface area contributed by atoms with Gasteiger partial charge in [0.1, 0.15) is 11.5 Å². The molecule has 0 unspecified atom stereocenters. The summed E-state index contributed by atoms with van der Waals surface area (Å²) in [5.41, 5.74) is 2.05. The number of methoxy groups -OCH3 is 1. The molecule has 0 aromatic heterocycles. The van der Waals surface area contributed by atoms with E-state index in [4.69, 9.17) is 9.47 Å². The normalized spacial score (nSPS) is 16.1. The molecule has 2 aromatic carbocycles. The molecule has 1 aliphatic rings. The fourth-order valence-electron chi connectivity index (χ4n) is 3.25. The van der Waals surface area contributed by atoms with Crippen LogP contribution in [0.25, 0.3) is 0 Å². The highest BCUT2D eigenvalue weighted by Gasteiger charge is 2.28. The van der Waals surface area contributed by atoms with Gasteiger partial charge in [-0.25, -0.2) is 0 Å². The van der Waals surface area contributed by atoms with E-state index in [-0.39, 0.29) is 11.8 Å². The average molecular weight is 396 g/mol. The molecule has 6 heteroatoms. The smallest absolute Gasteiger partial charge is 0.263 e. The first-order chi connectivity index (χ1) is 13.9. The Morgan fingerprint density at radius 3 is 2.79 bits per heavy atom. The number of carbonyl (C=O) groups excluding carboxylic acids is 2. The third kappa shape index (κ3) is 5.08. The van der Waals surface area contributed by atoms with Crippen molar-refractivity contribution >= 4 is 17.5 Å². The van der Waals surface area contributed by atoms with Crippen molar-refractivity contribution < 1.29 is 19.1 Å². The number of benzene rings is 2. The zero-order valence-electron chi connectivity index (χ0n) is 17.4. The van der Waals surface area contributed by atoms with Crippen molar-refractivity contribution in [3.05, 3.63) is 53.6 Å². The van der Waals surface area contributed by atoms with Gasteiger partial charge in [-0.05, 0) is 55.7 Å². The van der Waals surface area contributed by atoms with Crippen LogP contribution in [0.3, 0.4) is 0 Å². The van der Waals surface area contributed by atoms with Crippen molar-refractivity contribution in [1.82, 2.24) is 4.90 Å². The summed E-state index contributed by atoms with van der Waals surface area (Å²) in [6.45, 7) is 7.21. The number of nitrogens with one attached hydrogen (secondary N) is 1. The molecule has 0 saturated carbocycles. The summed E-state index contributed by atoms with van der Waals surface area (Å²) in [6.07, 6.45) is 0.403. The number of rotatable bonds is 6. The van der Waals surface area contributed by atoms with Gasteiger partial charge in [-0.1, -0.05) is 19.9 Å². The Hall–Kier alpha value is -3.02. The van der Waals surface area contributed by atoms with E-state index >= 15 is 0 Å². The fraction of sp³-hybridized carbons (Fsp3) is 0.391. The maximum absolute atomic E-state index is 12.7. The fourth-order valence-corrected chi connectivity index (χ4v) is 3.25. The summed E-state index contributed by atoms with van der Waals surface area (Å²) in [7, 11) is 1.57. The van der Waals surface area contributed by atoms with Gasteiger partial charge in [0.15, 0.2) is 6.10 Å². The first kappa shape index (κ1) is 20.7. The van der Waals surface area contributed by atoms with Gasteiger partial charge in [0.25, 0.3) is 11.8 Å². The van der Waals surface area contributed by atoms with Gasteiger partial charge >= 0.3 is 0 Å². The van der Waals surface area contributed by atoms with Crippen LogP contribution >= 0.6 is 0 Å². The molecule has 154 valence electrons. The topological polar surface area (TPSA) is 67.9 Å². The monoisotopic (exact) mass is 396 g/mol. The highest BCUT2D eigenvalue weighted by Crippen LogP contribution is 2.29. The second kappa shape index (κ2) is 8.99. The second-order valence-corrected chi connectivity index (χ2v) is 7.71. The van der Waals surface area contributed by atoms with E-state index < -0.39 is 6.10 Å². The van der Waals surface area contributed by atoms with Crippen LogP contribution in [-0.2, 0) is 11.3 Å². The summed E-state index contributed by atoms with van der Waals surface area (Å²) >= 11 is 0.